The van der Waals surface area contributed by atoms with Crippen LogP contribution in [0.15, 0.2) is 42.5 Å². The first-order valence-electron chi connectivity index (χ1n) is 9.91. The van der Waals surface area contributed by atoms with Crippen molar-refractivity contribution < 1.29 is 15.0 Å². The van der Waals surface area contributed by atoms with Gasteiger partial charge in [0.1, 0.15) is 11.6 Å². The number of phenolic OH excluding ortho intramolecular Hbond substituents is 1. The Morgan fingerprint density at radius 2 is 1.81 bits per heavy atom. The Labute approximate surface area is 189 Å². The molecule has 1 amide bonds. The topological polar surface area (TPSA) is 90.6 Å². The molecule has 1 saturated heterocycles. The maximum Gasteiger partial charge on any atom is 0.286 e. The molecule has 9 heteroatoms. The quantitative estimate of drug-likeness (QED) is 0.547. The standard InChI is InChI=1S/C22H22Cl2N4O3/c1-13-20(22(31)26-27-10-8-17(30)9-11-27)25-21(18-7-2-14(23)12-19(18)24)28(13)15-3-5-16(29)6-4-15/h2-7,12,17,29-30H,8-11H2,1H3,(H,26,31). The number of benzene rings is 2. The van der Waals surface area contributed by atoms with Crippen LogP contribution in [0, 0.1) is 6.92 Å². The number of carbonyl (C=O) groups excluding carboxylic acids is 1. The number of phenols is 1. The van der Waals surface area contributed by atoms with E-state index in [1.165, 1.54) is 0 Å². The molecule has 31 heavy (non-hydrogen) atoms. The predicted molar refractivity (Wildman–Crippen MR) is 120 cm³/mol. The minimum Gasteiger partial charge on any atom is -0.508 e. The smallest absolute Gasteiger partial charge is 0.286 e. The van der Waals surface area contributed by atoms with Gasteiger partial charge in [0.25, 0.3) is 5.91 Å². The molecule has 1 aliphatic heterocycles. The van der Waals surface area contributed by atoms with Crippen LogP contribution in [-0.2, 0) is 0 Å². The average Bonchev–Trinajstić information content (AvgIpc) is 3.07. The Morgan fingerprint density at radius 1 is 1.13 bits per heavy atom. The number of hydrogen-bond acceptors (Lipinski definition) is 5. The lowest BCUT2D eigenvalue weighted by Gasteiger charge is -2.29. The summed E-state index contributed by atoms with van der Waals surface area (Å²) in [6.07, 6.45) is 0.877. The maximum atomic E-state index is 13.1. The highest BCUT2D eigenvalue weighted by atomic mass is 35.5. The fourth-order valence-corrected chi connectivity index (χ4v) is 4.15. The minimum atomic E-state index is -0.335. The fraction of sp³-hybridized carbons (Fsp3) is 0.273. The number of hydrogen-bond donors (Lipinski definition) is 3. The number of piperidine rings is 1. The van der Waals surface area contributed by atoms with Crippen LogP contribution in [0.1, 0.15) is 29.0 Å². The molecule has 0 unspecified atom stereocenters. The summed E-state index contributed by atoms with van der Waals surface area (Å²) in [4.78, 5) is 17.7. The molecule has 162 valence electrons. The number of aliphatic hydroxyl groups excluding tert-OH is 1. The van der Waals surface area contributed by atoms with E-state index in [2.05, 4.69) is 10.4 Å². The molecule has 1 aromatic heterocycles. The van der Waals surface area contributed by atoms with Gasteiger partial charge in [-0.1, -0.05) is 23.2 Å². The van der Waals surface area contributed by atoms with Crippen molar-refractivity contribution in [3.8, 4) is 22.8 Å². The number of carbonyl (C=O) groups is 1. The summed E-state index contributed by atoms with van der Waals surface area (Å²) in [6.45, 7) is 2.95. The fourth-order valence-electron chi connectivity index (χ4n) is 3.66. The van der Waals surface area contributed by atoms with Gasteiger partial charge in [-0.25, -0.2) is 9.99 Å². The molecule has 1 aliphatic rings. The highest BCUT2D eigenvalue weighted by Gasteiger charge is 2.25. The van der Waals surface area contributed by atoms with Crippen molar-refractivity contribution in [2.45, 2.75) is 25.9 Å². The number of halogens is 2. The van der Waals surface area contributed by atoms with E-state index in [1.54, 1.807) is 47.5 Å². The molecule has 0 spiro atoms. The molecule has 0 radical (unpaired) electrons. The summed E-state index contributed by atoms with van der Waals surface area (Å²) in [5.41, 5.74) is 5.13. The van der Waals surface area contributed by atoms with E-state index in [4.69, 9.17) is 23.2 Å². The molecule has 0 bridgehead atoms. The first-order valence-corrected chi connectivity index (χ1v) is 10.7. The Bertz CT molecular complexity index is 1110. The lowest BCUT2D eigenvalue weighted by Crippen LogP contribution is -2.47. The van der Waals surface area contributed by atoms with Crippen molar-refractivity contribution >= 4 is 29.1 Å². The highest BCUT2D eigenvalue weighted by Crippen LogP contribution is 2.33. The van der Waals surface area contributed by atoms with Gasteiger partial charge in [-0.3, -0.25) is 14.8 Å². The average molecular weight is 461 g/mol. The Balaban J connectivity index is 1.76. The van der Waals surface area contributed by atoms with E-state index < -0.39 is 0 Å². The molecule has 3 aromatic rings. The summed E-state index contributed by atoms with van der Waals surface area (Å²) in [5, 5.41) is 22.1. The first-order chi connectivity index (χ1) is 14.8. The highest BCUT2D eigenvalue weighted by molar-refractivity contribution is 6.36. The molecule has 3 N–H and O–H groups in total. The number of imidazole rings is 1. The van der Waals surface area contributed by atoms with Crippen LogP contribution in [0.25, 0.3) is 17.1 Å². The Morgan fingerprint density at radius 3 is 2.45 bits per heavy atom. The van der Waals surface area contributed by atoms with Crippen molar-refractivity contribution in [1.29, 1.82) is 0 Å². The molecule has 2 heterocycles. The van der Waals surface area contributed by atoms with Crippen LogP contribution < -0.4 is 5.43 Å². The molecular formula is C22H22Cl2N4O3. The lowest BCUT2D eigenvalue weighted by atomic mass is 10.1. The molecule has 7 nitrogen and oxygen atoms in total. The number of hydrazine groups is 1. The molecular weight excluding hydrogens is 439 g/mol. The number of aromatic hydroxyl groups is 1. The molecule has 0 aliphatic carbocycles. The second kappa shape index (κ2) is 8.88. The van der Waals surface area contributed by atoms with E-state index >= 15 is 0 Å². The summed E-state index contributed by atoms with van der Waals surface area (Å²) < 4.78 is 1.82. The number of amides is 1. The van der Waals surface area contributed by atoms with Gasteiger partial charge in [0.05, 0.1) is 16.8 Å². The van der Waals surface area contributed by atoms with Crippen LogP contribution >= 0.6 is 23.2 Å². The molecule has 2 aromatic carbocycles. The summed E-state index contributed by atoms with van der Waals surface area (Å²) in [5.74, 6) is 0.291. The Hall–Kier alpha value is -2.58. The molecule has 1 fully saturated rings. The number of aromatic nitrogens is 2. The normalized spacial score (nSPS) is 15.2. The second-order valence-electron chi connectivity index (χ2n) is 7.50. The third kappa shape index (κ3) is 4.55. The van der Waals surface area contributed by atoms with Gasteiger partial charge in [-0.2, -0.15) is 0 Å². The van der Waals surface area contributed by atoms with Gasteiger partial charge < -0.3 is 10.2 Å². The zero-order chi connectivity index (χ0) is 22.1. The van der Waals surface area contributed by atoms with Crippen LogP contribution in [0.3, 0.4) is 0 Å². The predicted octanol–water partition coefficient (Wildman–Crippen LogP) is 3.96. The van der Waals surface area contributed by atoms with Crippen molar-refractivity contribution in [3.63, 3.8) is 0 Å². The maximum absolute atomic E-state index is 13.1. The number of nitrogens with zero attached hydrogens (tertiary/aromatic N) is 3. The van der Waals surface area contributed by atoms with Crippen molar-refractivity contribution in [2.24, 2.45) is 0 Å². The van der Waals surface area contributed by atoms with Gasteiger partial charge >= 0.3 is 0 Å². The van der Waals surface area contributed by atoms with Gasteiger partial charge in [0.2, 0.25) is 0 Å². The molecule has 0 saturated carbocycles. The lowest BCUT2D eigenvalue weighted by molar-refractivity contribution is 0.0464. The van der Waals surface area contributed by atoms with Crippen LogP contribution in [0.4, 0.5) is 0 Å². The van der Waals surface area contributed by atoms with E-state index in [1.807, 2.05) is 11.5 Å². The van der Waals surface area contributed by atoms with E-state index in [0.29, 0.717) is 53.1 Å². The molecule has 0 atom stereocenters. The summed E-state index contributed by atoms with van der Waals surface area (Å²) in [7, 11) is 0. The molecule has 4 rings (SSSR count). The van der Waals surface area contributed by atoms with Crippen LogP contribution in [0.2, 0.25) is 10.0 Å². The Kier molecular flexibility index (Phi) is 6.20. The zero-order valence-corrected chi connectivity index (χ0v) is 18.4. The zero-order valence-electron chi connectivity index (χ0n) is 16.8. The van der Waals surface area contributed by atoms with Crippen LogP contribution in [0.5, 0.6) is 5.75 Å². The SMILES string of the molecule is Cc1c(C(=O)NN2CCC(O)CC2)nc(-c2ccc(Cl)cc2Cl)n1-c1ccc(O)cc1. The largest absolute Gasteiger partial charge is 0.508 e. The third-order valence-electron chi connectivity index (χ3n) is 5.33. The van der Waals surface area contributed by atoms with Gasteiger partial charge in [-0.05, 0) is 62.2 Å². The van der Waals surface area contributed by atoms with Crippen molar-refractivity contribution in [3.05, 3.63) is 63.9 Å². The minimum absolute atomic E-state index is 0.137. The summed E-state index contributed by atoms with van der Waals surface area (Å²) >= 11 is 12.5. The van der Waals surface area contributed by atoms with Gasteiger partial charge in [-0.15, -0.1) is 0 Å². The number of nitrogens with one attached hydrogen (secondary N) is 1. The van der Waals surface area contributed by atoms with E-state index in [-0.39, 0.29) is 23.5 Å². The first kappa shape index (κ1) is 21.6. The number of aliphatic hydroxyl groups is 1. The van der Waals surface area contributed by atoms with Gasteiger partial charge in [0.15, 0.2) is 5.69 Å². The van der Waals surface area contributed by atoms with Crippen molar-refractivity contribution in [2.75, 3.05) is 13.1 Å². The summed E-state index contributed by atoms with van der Waals surface area (Å²) in [6, 6.07) is 11.7. The number of rotatable bonds is 4. The van der Waals surface area contributed by atoms with E-state index in [0.717, 1.165) is 5.69 Å². The second-order valence-corrected chi connectivity index (χ2v) is 8.35. The van der Waals surface area contributed by atoms with Crippen LogP contribution in [-0.4, -0.2) is 49.9 Å². The van der Waals surface area contributed by atoms with Crippen molar-refractivity contribution in [1.82, 2.24) is 20.0 Å². The monoisotopic (exact) mass is 460 g/mol. The third-order valence-corrected chi connectivity index (χ3v) is 5.87. The van der Waals surface area contributed by atoms with E-state index in [9.17, 15) is 15.0 Å². The van der Waals surface area contributed by atoms with Gasteiger partial charge in [0, 0.05) is 29.4 Å².